The maximum absolute atomic E-state index is 6.15. The highest BCUT2D eigenvalue weighted by Crippen LogP contribution is 2.23. The molecule has 1 aromatic heterocycles. The number of rotatable bonds is 4. The Bertz CT molecular complexity index is 422. The highest BCUT2D eigenvalue weighted by molar-refractivity contribution is 7.08. The smallest absolute Gasteiger partial charge is 0.119 e. The van der Waals surface area contributed by atoms with E-state index in [0.29, 0.717) is 6.61 Å². The Morgan fingerprint density at radius 3 is 2.50 bits per heavy atom. The summed E-state index contributed by atoms with van der Waals surface area (Å²) in [5.41, 5.74) is 8.42. The van der Waals surface area contributed by atoms with Crippen molar-refractivity contribution in [1.29, 1.82) is 0 Å². The lowest BCUT2D eigenvalue weighted by Crippen LogP contribution is -2.10. The Hall–Kier alpha value is -1.32. The molecule has 2 nitrogen and oxygen atoms in total. The topological polar surface area (TPSA) is 35.2 Å². The molecule has 0 spiro atoms. The summed E-state index contributed by atoms with van der Waals surface area (Å²) in [5.74, 6) is 0.892. The summed E-state index contributed by atoms with van der Waals surface area (Å²) in [7, 11) is 0. The zero-order chi connectivity index (χ0) is 11.4. The Labute approximate surface area is 99.7 Å². The highest BCUT2D eigenvalue weighted by Gasteiger charge is 2.08. The minimum Gasteiger partial charge on any atom is -0.494 e. The fourth-order valence-corrected chi connectivity index (χ4v) is 2.28. The summed E-state index contributed by atoms with van der Waals surface area (Å²) in [6.45, 7) is 2.67. The van der Waals surface area contributed by atoms with Gasteiger partial charge in [-0.1, -0.05) is 12.1 Å². The van der Waals surface area contributed by atoms with Gasteiger partial charge in [0.1, 0.15) is 5.75 Å². The second kappa shape index (κ2) is 5.14. The third-order valence-corrected chi connectivity index (χ3v) is 3.15. The molecule has 84 valence electrons. The minimum atomic E-state index is -0.0399. The van der Waals surface area contributed by atoms with Crippen LogP contribution in [0.4, 0.5) is 0 Å². The molecule has 0 amide bonds. The first-order valence-corrected chi connectivity index (χ1v) is 6.26. The van der Waals surface area contributed by atoms with Gasteiger partial charge >= 0.3 is 0 Å². The Balaban J connectivity index is 2.15. The third-order valence-electron chi connectivity index (χ3n) is 2.45. The van der Waals surface area contributed by atoms with E-state index in [0.717, 1.165) is 16.9 Å². The number of benzene rings is 1. The summed E-state index contributed by atoms with van der Waals surface area (Å²) in [5, 5.41) is 4.13. The normalized spacial score (nSPS) is 12.4. The summed E-state index contributed by atoms with van der Waals surface area (Å²) in [6.07, 6.45) is 0. The van der Waals surface area contributed by atoms with Gasteiger partial charge in [-0.15, -0.1) is 0 Å². The summed E-state index contributed by atoms with van der Waals surface area (Å²) in [6, 6.07) is 9.99. The molecule has 0 aliphatic heterocycles. The van der Waals surface area contributed by atoms with Gasteiger partial charge in [0.25, 0.3) is 0 Å². The van der Waals surface area contributed by atoms with Crippen LogP contribution in [0.1, 0.15) is 24.1 Å². The van der Waals surface area contributed by atoms with E-state index in [9.17, 15) is 0 Å². The molecular formula is C13H15NOS. The van der Waals surface area contributed by atoms with Crippen LogP contribution in [-0.4, -0.2) is 6.61 Å². The van der Waals surface area contributed by atoms with Gasteiger partial charge in [-0.3, -0.25) is 0 Å². The zero-order valence-electron chi connectivity index (χ0n) is 9.22. The average Bonchev–Trinajstić information content (AvgIpc) is 2.83. The lowest BCUT2D eigenvalue weighted by Gasteiger charge is -2.11. The third kappa shape index (κ3) is 2.43. The van der Waals surface area contributed by atoms with Crippen molar-refractivity contribution < 1.29 is 4.74 Å². The van der Waals surface area contributed by atoms with Crippen molar-refractivity contribution >= 4 is 11.3 Å². The van der Waals surface area contributed by atoms with E-state index >= 15 is 0 Å². The molecule has 2 N–H and O–H groups in total. The number of hydrogen-bond donors (Lipinski definition) is 1. The SMILES string of the molecule is CCOc1ccc([C@@H](N)c2ccsc2)cc1. The Morgan fingerprint density at radius 2 is 1.94 bits per heavy atom. The monoisotopic (exact) mass is 233 g/mol. The van der Waals surface area contributed by atoms with Crippen molar-refractivity contribution in [3.8, 4) is 5.75 Å². The lowest BCUT2D eigenvalue weighted by atomic mass is 10.0. The fourth-order valence-electron chi connectivity index (χ4n) is 1.58. The summed E-state index contributed by atoms with van der Waals surface area (Å²) < 4.78 is 5.39. The first-order valence-electron chi connectivity index (χ1n) is 5.31. The van der Waals surface area contributed by atoms with E-state index in [1.807, 2.05) is 36.6 Å². The van der Waals surface area contributed by atoms with Crippen LogP contribution in [0.5, 0.6) is 5.75 Å². The van der Waals surface area contributed by atoms with Gasteiger partial charge in [-0.25, -0.2) is 0 Å². The quantitative estimate of drug-likeness (QED) is 0.880. The van der Waals surface area contributed by atoms with Crippen molar-refractivity contribution in [3.05, 3.63) is 52.2 Å². The van der Waals surface area contributed by atoms with Gasteiger partial charge in [0.2, 0.25) is 0 Å². The van der Waals surface area contributed by atoms with Crippen LogP contribution in [-0.2, 0) is 0 Å². The lowest BCUT2D eigenvalue weighted by molar-refractivity contribution is 0.340. The summed E-state index contributed by atoms with van der Waals surface area (Å²) >= 11 is 1.67. The van der Waals surface area contributed by atoms with Crippen LogP contribution in [0.25, 0.3) is 0 Å². The molecule has 1 atom stereocenters. The van der Waals surface area contributed by atoms with Gasteiger partial charge in [0.05, 0.1) is 12.6 Å². The van der Waals surface area contributed by atoms with E-state index in [1.54, 1.807) is 11.3 Å². The van der Waals surface area contributed by atoms with Crippen molar-refractivity contribution in [2.45, 2.75) is 13.0 Å². The van der Waals surface area contributed by atoms with Crippen LogP contribution in [0.15, 0.2) is 41.1 Å². The molecule has 1 heterocycles. The molecule has 0 bridgehead atoms. The predicted octanol–water partition coefficient (Wildman–Crippen LogP) is 3.19. The maximum atomic E-state index is 6.15. The molecule has 0 aliphatic carbocycles. The van der Waals surface area contributed by atoms with E-state index in [-0.39, 0.29) is 6.04 Å². The molecule has 2 rings (SSSR count). The van der Waals surface area contributed by atoms with Crippen LogP contribution in [0.3, 0.4) is 0 Å². The molecule has 0 saturated carbocycles. The van der Waals surface area contributed by atoms with Gasteiger partial charge < -0.3 is 10.5 Å². The molecule has 0 unspecified atom stereocenters. The molecule has 0 fully saturated rings. The van der Waals surface area contributed by atoms with Gasteiger partial charge in [0, 0.05) is 0 Å². The molecule has 0 aliphatic rings. The van der Waals surface area contributed by atoms with Gasteiger partial charge in [-0.2, -0.15) is 11.3 Å². The van der Waals surface area contributed by atoms with E-state index < -0.39 is 0 Å². The first kappa shape index (κ1) is 11.2. The summed E-state index contributed by atoms with van der Waals surface area (Å²) in [4.78, 5) is 0. The zero-order valence-corrected chi connectivity index (χ0v) is 10.0. The number of ether oxygens (including phenoxy) is 1. The largest absolute Gasteiger partial charge is 0.494 e. The molecule has 0 radical (unpaired) electrons. The predicted molar refractivity (Wildman–Crippen MR) is 68.0 cm³/mol. The van der Waals surface area contributed by atoms with Crippen LogP contribution in [0.2, 0.25) is 0 Å². The number of thiophene rings is 1. The molecular weight excluding hydrogens is 218 g/mol. The first-order chi connectivity index (χ1) is 7.81. The fraction of sp³-hybridized carbons (Fsp3) is 0.231. The van der Waals surface area contributed by atoms with Crippen LogP contribution < -0.4 is 10.5 Å². The molecule has 1 aromatic carbocycles. The average molecular weight is 233 g/mol. The number of hydrogen-bond acceptors (Lipinski definition) is 3. The molecule has 0 saturated heterocycles. The van der Waals surface area contributed by atoms with E-state index in [2.05, 4.69) is 11.4 Å². The van der Waals surface area contributed by atoms with Crippen molar-refractivity contribution in [3.63, 3.8) is 0 Å². The van der Waals surface area contributed by atoms with E-state index in [1.165, 1.54) is 0 Å². The Kier molecular flexibility index (Phi) is 3.59. The highest BCUT2D eigenvalue weighted by atomic mass is 32.1. The van der Waals surface area contributed by atoms with Crippen molar-refractivity contribution in [1.82, 2.24) is 0 Å². The van der Waals surface area contributed by atoms with Gasteiger partial charge in [-0.05, 0) is 47.0 Å². The van der Waals surface area contributed by atoms with E-state index in [4.69, 9.17) is 10.5 Å². The molecule has 2 aromatic rings. The van der Waals surface area contributed by atoms with Crippen LogP contribution in [0, 0.1) is 0 Å². The Morgan fingerprint density at radius 1 is 1.19 bits per heavy atom. The molecule has 16 heavy (non-hydrogen) atoms. The van der Waals surface area contributed by atoms with Crippen LogP contribution >= 0.6 is 11.3 Å². The van der Waals surface area contributed by atoms with Crippen molar-refractivity contribution in [2.24, 2.45) is 5.73 Å². The minimum absolute atomic E-state index is 0.0399. The second-order valence-electron chi connectivity index (χ2n) is 3.54. The van der Waals surface area contributed by atoms with Gasteiger partial charge in [0.15, 0.2) is 0 Å². The maximum Gasteiger partial charge on any atom is 0.119 e. The molecule has 3 heteroatoms. The second-order valence-corrected chi connectivity index (χ2v) is 4.32. The van der Waals surface area contributed by atoms with Crippen molar-refractivity contribution in [2.75, 3.05) is 6.61 Å². The number of nitrogens with two attached hydrogens (primary N) is 1. The standard InChI is InChI=1S/C13H15NOS/c1-2-15-12-5-3-10(4-6-12)13(14)11-7-8-16-9-11/h3-9,13H,2,14H2,1H3/t13-/m1/s1.